The summed E-state index contributed by atoms with van der Waals surface area (Å²) in [5, 5.41) is 1.82. The van der Waals surface area contributed by atoms with Crippen LogP contribution in [-0.4, -0.2) is 13.7 Å². The molecule has 2 rings (SSSR count). The molecular formula is C11H12O2S2. The summed E-state index contributed by atoms with van der Waals surface area (Å²) in [6, 6.07) is 8.54. The molecule has 15 heavy (non-hydrogen) atoms. The maximum absolute atomic E-state index is 11.9. The van der Waals surface area contributed by atoms with Crippen molar-refractivity contribution in [3.05, 3.63) is 40.6 Å². The first-order chi connectivity index (χ1) is 7.13. The summed E-state index contributed by atoms with van der Waals surface area (Å²) in [4.78, 5) is 1.36. The van der Waals surface area contributed by atoms with Gasteiger partial charge in [-0.3, -0.25) is 0 Å². The molecule has 1 heterocycles. The SMILES string of the molecule is CCC1SC1=CS(=O)(=O)c1ccccc1. The number of sulfone groups is 1. The van der Waals surface area contributed by atoms with E-state index in [9.17, 15) is 8.42 Å². The zero-order valence-electron chi connectivity index (χ0n) is 8.38. The van der Waals surface area contributed by atoms with Crippen LogP contribution in [0.4, 0.5) is 0 Å². The van der Waals surface area contributed by atoms with Crippen LogP contribution >= 0.6 is 11.8 Å². The van der Waals surface area contributed by atoms with E-state index in [1.54, 1.807) is 36.0 Å². The van der Waals surface area contributed by atoms with E-state index in [0.29, 0.717) is 10.1 Å². The summed E-state index contributed by atoms with van der Waals surface area (Å²) >= 11 is 1.64. The fraction of sp³-hybridized carbons (Fsp3) is 0.273. The quantitative estimate of drug-likeness (QED) is 0.762. The summed E-state index contributed by atoms with van der Waals surface area (Å²) in [5.41, 5.74) is 0. The molecule has 1 atom stereocenters. The lowest BCUT2D eigenvalue weighted by molar-refractivity contribution is 0.604. The highest BCUT2D eigenvalue weighted by atomic mass is 32.2. The molecule has 2 nitrogen and oxygen atoms in total. The maximum Gasteiger partial charge on any atom is 0.200 e. The standard InChI is InChI=1S/C11H12O2S2/c1-2-10-11(14-10)8-15(12,13)9-6-4-3-5-7-9/h3-8,10H,2H2,1H3. The molecule has 1 unspecified atom stereocenters. The minimum Gasteiger partial charge on any atom is -0.219 e. The predicted molar refractivity (Wildman–Crippen MR) is 63.4 cm³/mol. The smallest absolute Gasteiger partial charge is 0.200 e. The van der Waals surface area contributed by atoms with Crippen LogP contribution in [0, 0.1) is 0 Å². The normalized spacial score (nSPS) is 23.0. The molecule has 1 aliphatic rings. The lowest BCUT2D eigenvalue weighted by Crippen LogP contribution is -1.95. The molecule has 0 amide bonds. The van der Waals surface area contributed by atoms with Crippen LogP contribution in [0.25, 0.3) is 0 Å². The van der Waals surface area contributed by atoms with Gasteiger partial charge in [0.15, 0.2) is 0 Å². The van der Waals surface area contributed by atoms with Crippen molar-refractivity contribution in [2.24, 2.45) is 0 Å². The summed E-state index contributed by atoms with van der Waals surface area (Å²) < 4.78 is 23.7. The van der Waals surface area contributed by atoms with Gasteiger partial charge in [0.05, 0.1) is 4.90 Å². The summed E-state index contributed by atoms with van der Waals surface area (Å²) in [5.74, 6) is 0. The average Bonchev–Trinajstić information content (AvgIpc) is 2.97. The molecule has 0 aliphatic carbocycles. The molecule has 0 radical (unpaired) electrons. The van der Waals surface area contributed by atoms with Gasteiger partial charge < -0.3 is 0 Å². The van der Waals surface area contributed by atoms with Crippen LogP contribution in [-0.2, 0) is 9.84 Å². The van der Waals surface area contributed by atoms with Crippen LogP contribution in [0.3, 0.4) is 0 Å². The van der Waals surface area contributed by atoms with E-state index >= 15 is 0 Å². The molecule has 4 heteroatoms. The van der Waals surface area contributed by atoms with E-state index in [1.165, 1.54) is 5.41 Å². The molecule has 0 aromatic heterocycles. The Balaban J connectivity index is 2.27. The monoisotopic (exact) mass is 240 g/mol. The van der Waals surface area contributed by atoms with Crippen molar-refractivity contribution >= 4 is 21.6 Å². The molecule has 0 saturated carbocycles. The van der Waals surface area contributed by atoms with Gasteiger partial charge in [0.2, 0.25) is 9.84 Å². The zero-order valence-corrected chi connectivity index (χ0v) is 10.0. The van der Waals surface area contributed by atoms with E-state index in [2.05, 4.69) is 6.92 Å². The Bertz CT molecular complexity index is 475. The first-order valence-electron chi connectivity index (χ1n) is 4.82. The van der Waals surface area contributed by atoms with Crippen LogP contribution < -0.4 is 0 Å². The Morgan fingerprint density at radius 1 is 1.33 bits per heavy atom. The first kappa shape index (κ1) is 10.8. The third kappa shape index (κ3) is 2.44. The Morgan fingerprint density at radius 2 is 2.00 bits per heavy atom. The molecule has 0 bridgehead atoms. The Hall–Kier alpha value is -0.740. The number of rotatable bonds is 3. The van der Waals surface area contributed by atoms with Gasteiger partial charge in [-0.05, 0) is 18.6 Å². The molecule has 1 aromatic rings. The van der Waals surface area contributed by atoms with Crippen LogP contribution in [0.2, 0.25) is 0 Å². The number of hydrogen-bond donors (Lipinski definition) is 0. The fourth-order valence-corrected chi connectivity index (χ4v) is 3.84. The van der Waals surface area contributed by atoms with E-state index in [-0.39, 0.29) is 0 Å². The second-order valence-electron chi connectivity index (χ2n) is 3.39. The fourth-order valence-electron chi connectivity index (χ4n) is 1.35. The first-order valence-corrected chi connectivity index (χ1v) is 7.24. The molecule has 1 aliphatic heterocycles. The minimum absolute atomic E-state index is 0.375. The van der Waals surface area contributed by atoms with E-state index < -0.39 is 9.84 Å². The highest BCUT2D eigenvalue weighted by Crippen LogP contribution is 2.48. The van der Waals surface area contributed by atoms with Gasteiger partial charge in [-0.15, -0.1) is 11.8 Å². The van der Waals surface area contributed by atoms with Gasteiger partial charge in [-0.2, -0.15) is 0 Å². The lowest BCUT2D eigenvalue weighted by Gasteiger charge is -1.96. The molecular weight excluding hydrogens is 228 g/mol. The van der Waals surface area contributed by atoms with E-state index in [4.69, 9.17) is 0 Å². The third-order valence-electron chi connectivity index (χ3n) is 2.25. The maximum atomic E-state index is 11.9. The second-order valence-corrected chi connectivity index (χ2v) is 6.47. The van der Waals surface area contributed by atoms with Gasteiger partial charge >= 0.3 is 0 Å². The number of hydrogen-bond acceptors (Lipinski definition) is 3. The summed E-state index contributed by atoms with van der Waals surface area (Å²) in [7, 11) is -3.22. The van der Waals surface area contributed by atoms with E-state index in [0.717, 1.165) is 11.3 Å². The van der Waals surface area contributed by atoms with Crippen molar-refractivity contribution in [2.75, 3.05) is 0 Å². The average molecular weight is 240 g/mol. The lowest BCUT2D eigenvalue weighted by atomic mass is 10.3. The van der Waals surface area contributed by atoms with Crippen molar-refractivity contribution in [3.63, 3.8) is 0 Å². The molecule has 1 saturated heterocycles. The Kier molecular flexibility index (Phi) is 2.89. The Morgan fingerprint density at radius 3 is 2.53 bits per heavy atom. The third-order valence-corrected chi connectivity index (χ3v) is 5.19. The van der Waals surface area contributed by atoms with Crippen molar-refractivity contribution in [1.82, 2.24) is 0 Å². The van der Waals surface area contributed by atoms with Crippen molar-refractivity contribution in [1.29, 1.82) is 0 Å². The van der Waals surface area contributed by atoms with Crippen LogP contribution in [0.5, 0.6) is 0 Å². The molecule has 80 valence electrons. The van der Waals surface area contributed by atoms with Gasteiger partial charge in [0.25, 0.3) is 0 Å². The van der Waals surface area contributed by atoms with Gasteiger partial charge in [-0.25, -0.2) is 8.42 Å². The number of benzene rings is 1. The summed E-state index contributed by atoms with van der Waals surface area (Å²) in [6.45, 7) is 2.06. The van der Waals surface area contributed by atoms with Crippen molar-refractivity contribution < 1.29 is 8.42 Å². The summed E-state index contributed by atoms with van der Waals surface area (Å²) in [6.07, 6.45) is 1.00. The van der Waals surface area contributed by atoms with Crippen LogP contribution in [0.1, 0.15) is 13.3 Å². The highest BCUT2D eigenvalue weighted by molar-refractivity contribution is 8.12. The van der Waals surface area contributed by atoms with Crippen molar-refractivity contribution in [2.45, 2.75) is 23.5 Å². The topological polar surface area (TPSA) is 34.1 Å². The van der Waals surface area contributed by atoms with Crippen LogP contribution in [0.15, 0.2) is 45.5 Å². The van der Waals surface area contributed by atoms with Gasteiger partial charge in [-0.1, -0.05) is 25.1 Å². The molecule has 0 spiro atoms. The minimum atomic E-state index is -3.22. The largest absolute Gasteiger partial charge is 0.219 e. The molecule has 0 N–H and O–H groups in total. The van der Waals surface area contributed by atoms with E-state index in [1.807, 2.05) is 6.07 Å². The highest BCUT2D eigenvalue weighted by Gasteiger charge is 2.31. The van der Waals surface area contributed by atoms with Gasteiger partial charge in [0, 0.05) is 15.6 Å². The van der Waals surface area contributed by atoms with Gasteiger partial charge in [0.1, 0.15) is 0 Å². The second kappa shape index (κ2) is 4.02. The zero-order chi connectivity index (χ0) is 10.9. The molecule has 1 fully saturated rings. The van der Waals surface area contributed by atoms with Crippen molar-refractivity contribution in [3.8, 4) is 0 Å². The Labute approximate surface area is 94.3 Å². The predicted octanol–water partition coefficient (Wildman–Crippen LogP) is 2.83. The number of thioether (sulfide) groups is 1. The molecule has 1 aromatic carbocycles.